The van der Waals surface area contributed by atoms with Crippen LogP contribution in [0.4, 0.5) is 0 Å². The van der Waals surface area contributed by atoms with E-state index in [1.165, 1.54) is 11.9 Å². The molecule has 0 saturated carbocycles. The number of aryl methyl sites for hydroxylation is 1. The Morgan fingerprint density at radius 2 is 1.94 bits per heavy atom. The van der Waals surface area contributed by atoms with E-state index < -0.39 is 0 Å². The van der Waals surface area contributed by atoms with Crippen molar-refractivity contribution in [1.29, 1.82) is 0 Å². The van der Waals surface area contributed by atoms with Gasteiger partial charge in [-0.2, -0.15) is 5.10 Å². The standard InChI is InChI=1S/C15H11N3/c1-12-4-2-3-5-14(12)8-6-13-7-9-15-16-11-17-18(15)10-13/h2-5,7,9-11H,1H3. The van der Waals surface area contributed by atoms with E-state index in [1.807, 2.05) is 36.5 Å². The van der Waals surface area contributed by atoms with Gasteiger partial charge in [0.1, 0.15) is 6.33 Å². The quantitative estimate of drug-likeness (QED) is 0.558. The maximum atomic E-state index is 4.10. The summed E-state index contributed by atoms with van der Waals surface area (Å²) in [5.41, 5.74) is 4.00. The molecular weight excluding hydrogens is 222 g/mol. The Morgan fingerprint density at radius 1 is 1.06 bits per heavy atom. The second-order valence-corrected chi connectivity index (χ2v) is 4.05. The smallest absolute Gasteiger partial charge is 0.155 e. The van der Waals surface area contributed by atoms with Crippen LogP contribution in [0.5, 0.6) is 0 Å². The normalized spacial score (nSPS) is 10.1. The lowest BCUT2D eigenvalue weighted by Gasteiger charge is -1.95. The fraction of sp³-hybridized carbons (Fsp3) is 0.0667. The third kappa shape index (κ3) is 1.96. The number of hydrogen-bond donors (Lipinski definition) is 0. The van der Waals surface area contributed by atoms with Crippen LogP contribution in [-0.4, -0.2) is 14.6 Å². The van der Waals surface area contributed by atoms with Crippen molar-refractivity contribution < 1.29 is 0 Å². The molecular formula is C15H11N3. The first kappa shape index (κ1) is 10.5. The van der Waals surface area contributed by atoms with Gasteiger partial charge >= 0.3 is 0 Å². The topological polar surface area (TPSA) is 30.2 Å². The van der Waals surface area contributed by atoms with E-state index in [4.69, 9.17) is 0 Å². The lowest BCUT2D eigenvalue weighted by molar-refractivity contribution is 0.958. The van der Waals surface area contributed by atoms with Gasteiger partial charge in [-0.1, -0.05) is 30.0 Å². The minimum Gasteiger partial charge on any atom is -0.220 e. The second-order valence-electron chi connectivity index (χ2n) is 4.05. The zero-order chi connectivity index (χ0) is 12.4. The minimum atomic E-state index is 0.830. The summed E-state index contributed by atoms with van der Waals surface area (Å²) in [4.78, 5) is 4.10. The van der Waals surface area contributed by atoms with E-state index in [2.05, 4.69) is 34.9 Å². The van der Waals surface area contributed by atoms with Gasteiger partial charge in [-0.15, -0.1) is 0 Å². The molecule has 3 heteroatoms. The van der Waals surface area contributed by atoms with Crippen molar-refractivity contribution in [2.45, 2.75) is 6.92 Å². The molecule has 0 saturated heterocycles. The molecule has 0 unspecified atom stereocenters. The van der Waals surface area contributed by atoms with Gasteiger partial charge in [-0.25, -0.2) is 9.50 Å². The van der Waals surface area contributed by atoms with Gasteiger partial charge in [0, 0.05) is 17.3 Å². The Bertz CT molecular complexity index is 760. The summed E-state index contributed by atoms with van der Waals surface area (Å²) in [5.74, 6) is 6.32. The summed E-state index contributed by atoms with van der Waals surface area (Å²) < 4.78 is 1.72. The summed E-state index contributed by atoms with van der Waals surface area (Å²) in [7, 11) is 0. The van der Waals surface area contributed by atoms with Crippen LogP contribution >= 0.6 is 0 Å². The highest BCUT2D eigenvalue weighted by atomic mass is 15.3. The van der Waals surface area contributed by atoms with Crippen LogP contribution in [0, 0.1) is 18.8 Å². The number of rotatable bonds is 0. The van der Waals surface area contributed by atoms with E-state index in [0.717, 1.165) is 16.8 Å². The Kier molecular flexibility index (Phi) is 2.54. The fourth-order valence-electron chi connectivity index (χ4n) is 1.74. The first-order chi connectivity index (χ1) is 8.83. The Hall–Kier alpha value is -2.60. The third-order valence-corrected chi connectivity index (χ3v) is 2.76. The molecule has 0 N–H and O–H groups in total. The Labute approximate surface area is 105 Å². The molecule has 3 aromatic rings. The highest BCUT2D eigenvalue weighted by molar-refractivity contribution is 5.48. The van der Waals surface area contributed by atoms with E-state index in [-0.39, 0.29) is 0 Å². The molecule has 0 aliphatic carbocycles. The van der Waals surface area contributed by atoms with Crippen LogP contribution in [0.25, 0.3) is 5.65 Å². The van der Waals surface area contributed by atoms with Crippen molar-refractivity contribution in [3.05, 3.63) is 65.6 Å². The molecule has 86 valence electrons. The summed E-state index contributed by atoms with van der Waals surface area (Å²) >= 11 is 0. The Balaban J connectivity index is 2.00. The van der Waals surface area contributed by atoms with Crippen LogP contribution in [0.1, 0.15) is 16.7 Å². The molecule has 0 radical (unpaired) electrons. The molecule has 0 fully saturated rings. The summed E-state index contributed by atoms with van der Waals surface area (Å²) in [6.45, 7) is 2.06. The maximum absolute atomic E-state index is 4.10. The molecule has 3 nitrogen and oxygen atoms in total. The number of hydrogen-bond acceptors (Lipinski definition) is 2. The zero-order valence-corrected chi connectivity index (χ0v) is 9.96. The molecule has 18 heavy (non-hydrogen) atoms. The molecule has 2 heterocycles. The monoisotopic (exact) mass is 233 g/mol. The second kappa shape index (κ2) is 4.34. The largest absolute Gasteiger partial charge is 0.220 e. The first-order valence-electron chi connectivity index (χ1n) is 5.70. The van der Waals surface area contributed by atoms with Crippen LogP contribution in [-0.2, 0) is 0 Å². The zero-order valence-electron chi connectivity index (χ0n) is 9.96. The van der Waals surface area contributed by atoms with Crippen LogP contribution < -0.4 is 0 Å². The number of aromatic nitrogens is 3. The average Bonchev–Trinajstić information content (AvgIpc) is 2.85. The van der Waals surface area contributed by atoms with Crippen LogP contribution in [0.2, 0.25) is 0 Å². The van der Waals surface area contributed by atoms with E-state index >= 15 is 0 Å². The number of fused-ring (bicyclic) bond motifs is 1. The first-order valence-corrected chi connectivity index (χ1v) is 5.70. The summed E-state index contributed by atoms with van der Waals surface area (Å²) in [6, 6.07) is 12.0. The molecule has 3 rings (SSSR count). The van der Waals surface area contributed by atoms with Gasteiger partial charge in [-0.3, -0.25) is 0 Å². The van der Waals surface area contributed by atoms with Gasteiger partial charge in [0.25, 0.3) is 0 Å². The van der Waals surface area contributed by atoms with Crippen molar-refractivity contribution in [1.82, 2.24) is 14.6 Å². The molecule has 0 atom stereocenters. The molecule has 2 aromatic heterocycles. The van der Waals surface area contributed by atoms with Crippen molar-refractivity contribution in [3.8, 4) is 11.8 Å². The number of pyridine rings is 1. The maximum Gasteiger partial charge on any atom is 0.155 e. The molecule has 0 amide bonds. The highest BCUT2D eigenvalue weighted by Crippen LogP contribution is 2.06. The minimum absolute atomic E-state index is 0.830. The van der Waals surface area contributed by atoms with Crippen molar-refractivity contribution in [2.75, 3.05) is 0 Å². The van der Waals surface area contributed by atoms with Gasteiger partial charge in [0.2, 0.25) is 0 Å². The van der Waals surface area contributed by atoms with Gasteiger partial charge in [0.15, 0.2) is 5.65 Å². The van der Waals surface area contributed by atoms with Crippen LogP contribution in [0.3, 0.4) is 0 Å². The van der Waals surface area contributed by atoms with E-state index in [0.29, 0.717) is 0 Å². The van der Waals surface area contributed by atoms with Gasteiger partial charge < -0.3 is 0 Å². The predicted molar refractivity (Wildman–Crippen MR) is 70.1 cm³/mol. The molecule has 0 bridgehead atoms. The highest BCUT2D eigenvalue weighted by Gasteiger charge is 1.95. The van der Waals surface area contributed by atoms with Crippen LogP contribution in [0.15, 0.2) is 48.9 Å². The molecule has 0 spiro atoms. The Morgan fingerprint density at radius 3 is 2.83 bits per heavy atom. The lowest BCUT2D eigenvalue weighted by Crippen LogP contribution is -1.88. The number of nitrogens with zero attached hydrogens (tertiary/aromatic N) is 3. The predicted octanol–water partition coefficient (Wildman–Crippen LogP) is 2.44. The van der Waals surface area contributed by atoms with Crippen molar-refractivity contribution >= 4 is 5.65 Å². The lowest BCUT2D eigenvalue weighted by atomic mass is 10.1. The van der Waals surface area contributed by atoms with E-state index in [1.54, 1.807) is 4.52 Å². The summed E-state index contributed by atoms with van der Waals surface area (Å²) in [6.07, 6.45) is 3.42. The summed E-state index contributed by atoms with van der Waals surface area (Å²) in [5, 5.41) is 4.09. The van der Waals surface area contributed by atoms with Crippen molar-refractivity contribution in [2.24, 2.45) is 0 Å². The van der Waals surface area contributed by atoms with Crippen molar-refractivity contribution in [3.63, 3.8) is 0 Å². The average molecular weight is 233 g/mol. The molecule has 0 aliphatic rings. The fourth-order valence-corrected chi connectivity index (χ4v) is 1.74. The molecule has 1 aromatic carbocycles. The van der Waals surface area contributed by atoms with E-state index in [9.17, 15) is 0 Å². The molecule has 0 aliphatic heterocycles. The third-order valence-electron chi connectivity index (χ3n) is 2.76. The SMILES string of the molecule is Cc1ccccc1C#Cc1ccc2ncnn2c1. The van der Waals surface area contributed by atoms with Gasteiger partial charge in [0.05, 0.1) is 0 Å². The van der Waals surface area contributed by atoms with Gasteiger partial charge in [-0.05, 0) is 30.7 Å². The number of benzene rings is 1.